The van der Waals surface area contributed by atoms with E-state index in [4.69, 9.17) is 32.7 Å². The summed E-state index contributed by atoms with van der Waals surface area (Å²) in [6.07, 6.45) is 3.25. The van der Waals surface area contributed by atoms with Gasteiger partial charge in [0.05, 0.1) is 35.7 Å². The summed E-state index contributed by atoms with van der Waals surface area (Å²) >= 11 is 14.2. The fourth-order valence-electron chi connectivity index (χ4n) is 3.70. The number of thiophene rings is 1. The summed E-state index contributed by atoms with van der Waals surface area (Å²) in [4.78, 5) is 28.8. The van der Waals surface area contributed by atoms with Crippen molar-refractivity contribution in [1.29, 1.82) is 0 Å². The lowest BCUT2D eigenvalue weighted by atomic mass is 10.2. The Balaban J connectivity index is 1.58. The topological polar surface area (TPSA) is 102 Å². The molecule has 0 spiro atoms. The van der Waals surface area contributed by atoms with Crippen LogP contribution in [0.3, 0.4) is 0 Å². The van der Waals surface area contributed by atoms with Crippen LogP contribution in [0.5, 0.6) is 11.5 Å². The number of halogens is 2. The molecule has 0 fully saturated rings. The fourth-order valence-corrected chi connectivity index (χ4v) is 5.24. The zero-order valence-electron chi connectivity index (χ0n) is 20.8. The third-order valence-corrected chi connectivity index (χ3v) is 7.51. The summed E-state index contributed by atoms with van der Waals surface area (Å²) in [5, 5.41) is 8.03. The summed E-state index contributed by atoms with van der Waals surface area (Å²) in [6, 6.07) is 5.50. The second-order valence-electron chi connectivity index (χ2n) is 7.93. The van der Waals surface area contributed by atoms with Crippen LogP contribution in [0.4, 0.5) is 17.3 Å². The lowest BCUT2D eigenvalue weighted by Gasteiger charge is -2.17. The van der Waals surface area contributed by atoms with Crippen LogP contribution in [-0.2, 0) is 6.54 Å². The van der Waals surface area contributed by atoms with E-state index in [-0.39, 0.29) is 15.7 Å². The molecule has 37 heavy (non-hydrogen) atoms. The maximum absolute atomic E-state index is 13.2. The van der Waals surface area contributed by atoms with Crippen molar-refractivity contribution in [2.75, 3.05) is 37.9 Å². The number of pyridine rings is 1. The van der Waals surface area contributed by atoms with Crippen LogP contribution in [0.15, 0.2) is 36.1 Å². The van der Waals surface area contributed by atoms with Gasteiger partial charge in [-0.2, -0.15) is 0 Å². The van der Waals surface area contributed by atoms with Crippen molar-refractivity contribution >= 4 is 68.0 Å². The molecule has 1 amide bonds. The Morgan fingerprint density at radius 1 is 1.05 bits per heavy atom. The highest BCUT2D eigenvalue weighted by Crippen LogP contribution is 2.44. The van der Waals surface area contributed by atoms with Gasteiger partial charge in [-0.15, -0.1) is 11.3 Å². The molecule has 2 N–H and O–H groups in total. The van der Waals surface area contributed by atoms with E-state index in [2.05, 4.69) is 44.3 Å². The minimum atomic E-state index is -0.436. The molecule has 0 radical (unpaired) electrons. The molecular formula is C25H26Cl2N6O3S. The van der Waals surface area contributed by atoms with Gasteiger partial charge >= 0.3 is 0 Å². The number of rotatable bonds is 10. The van der Waals surface area contributed by atoms with Gasteiger partial charge in [0.2, 0.25) is 0 Å². The molecule has 0 saturated carbocycles. The lowest BCUT2D eigenvalue weighted by molar-refractivity contribution is 0.102. The van der Waals surface area contributed by atoms with E-state index >= 15 is 0 Å². The molecule has 0 unspecified atom stereocenters. The van der Waals surface area contributed by atoms with Crippen LogP contribution in [0.2, 0.25) is 10.0 Å². The molecule has 0 aliphatic heterocycles. The number of ether oxygens (including phenoxy) is 2. The number of anilines is 3. The molecule has 4 rings (SSSR count). The first kappa shape index (κ1) is 26.9. The fraction of sp³-hybridized carbons (Fsp3) is 0.280. The third kappa shape index (κ3) is 5.72. The number of nitrogens with zero attached hydrogens (tertiary/aromatic N) is 4. The maximum Gasteiger partial charge on any atom is 0.258 e. The van der Waals surface area contributed by atoms with Gasteiger partial charge in [-0.3, -0.25) is 9.69 Å². The summed E-state index contributed by atoms with van der Waals surface area (Å²) in [5.74, 6) is 1.39. The van der Waals surface area contributed by atoms with E-state index in [0.717, 1.165) is 25.2 Å². The number of hydrogen-bond donors (Lipinski definition) is 2. The largest absolute Gasteiger partial charge is 0.495 e. The van der Waals surface area contributed by atoms with Crippen LogP contribution in [0.25, 0.3) is 10.2 Å². The summed E-state index contributed by atoms with van der Waals surface area (Å²) in [5.41, 5.74) is 2.15. The minimum absolute atomic E-state index is 0.161. The molecule has 1 aromatic carbocycles. The highest BCUT2D eigenvalue weighted by molar-refractivity contribution is 7.18. The molecular weight excluding hydrogens is 535 g/mol. The third-order valence-electron chi connectivity index (χ3n) is 5.78. The van der Waals surface area contributed by atoms with Crippen LogP contribution in [-0.4, -0.2) is 53.1 Å². The molecule has 3 aromatic heterocycles. The van der Waals surface area contributed by atoms with Gasteiger partial charge in [-0.1, -0.05) is 43.1 Å². The summed E-state index contributed by atoms with van der Waals surface area (Å²) < 4.78 is 11.3. The molecule has 0 saturated heterocycles. The molecule has 0 aliphatic carbocycles. The number of benzene rings is 1. The maximum atomic E-state index is 13.2. The Kier molecular flexibility index (Phi) is 8.65. The quantitative estimate of drug-likeness (QED) is 0.234. The second-order valence-corrected chi connectivity index (χ2v) is 9.56. The molecule has 3 heterocycles. The van der Waals surface area contributed by atoms with Gasteiger partial charge in [0.15, 0.2) is 5.82 Å². The van der Waals surface area contributed by atoms with Gasteiger partial charge in [0, 0.05) is 24.2 Å². The SMILES string of the molecule is CCN(CC)Cc1ccc(Nc2ncnc3c(C(=O)Nc4c(Cl)c(OC)cc(OC)c4Cl)csc23)nc1. The first-order chi connectivity index (χ1) is 17.9. The first-order valence-corrected chi connectivity index (χ1v) is 13.1. The van der Waals surface area contributed by atoms with E-state index in [1.54, 1.807) is 11.4 Å². The number of amides is 1. The zero-order valence-corrected chi connectivity index (χ0v) is 23.1. The molecule has 4 aromatic rings. The van der Waals surface area contributed by atoms with Crippen molar-refractivity contribution in [3.63, 3.8) is 0 Å². The smallest absolute Gasteiger partial charge is 0.258 e. The van der Waals surface area contributed by atoms with Crippen molar-refractivity contribution in [2.24, 2.45) is 0 Å². The van der Waals surface area contributed by atoms with E-state index in [0.29, 0.717) is 38.9 Å². The van der Waals surface area contributed by atoms with Crippen LogP contribution in [0, 0.1) is 0 Å². The highest BCUT2D eigenvalue weighted by Gasteiger charge is 2.22. The number of methoxy groups -OCH3 is 2. The van der Waals surface area contributed by atoms with Crippen LogP contribution >= 0.6 is 34.5 Å². The number of aromatic nitrogens is 3. The number of carbonyl (C=O) groups excluding carboxylic acids is 1. The van der Waals surface area contributed by atoms with Crippen molar-refractivity contribution in [3.8, 4) is 11.5 Å². The van der Waals surface area contributed by atoms with Crippen molar-refractivity contribution in [2.45, 2.75) is 20.4 Å². The van der Waals surface area contributed by atoms with Crippen molar-refractivity contribution in [3.05, 3.63) is 57.3 Å². The minimum Gasteiger partial charge on any atom is -0.495 e. The van der Waals surface area contributed by atoms with E-state index < -0.39 is 5.91 Å². The van der Waals surface area contributed by atoms with E-state index in [9.17, 15) is 4.79 Å². The zero-order chi connectivity index (χ0) is 26.5. The normalized spacial score (nSPS) is 11.1. The number of fused-ring (bicyclic) bond motifs is 1. The molecule has 194 valence electrons. The Morgan fingerprint density at radius 3 is 2.35 bits per heavy atom. The highest BCUT2D eigenvalue weighted by atomic mass is 35.5. The van der Waals surface area contributed by atoms with Crippen LogP contribution < -0.4 is 20.1 Å². The average Bonchev–Trinajstić information content (AvgIpc) is 3.36. The van der Waals surface area contributed by atoms with Gasteiger partial charge in [-0.05, 0) is 24.7 Å². The summed E-state index contributed by atoms with van der Waals surface area (Å²) in [7, 11) is 2.93. The van der Waals surface area contributed by atoms with Gasteiger partial charge < -0.3 is 20.1 Å². The van der Waals surface area contributed by atoms with Crippen LogP contribution in [0.1, 0.15) is 29.8 Å². The van der Waals surface area contributed by atoms with Crippen molar-refractivity contribution < 1.29 is 14.3 Å². The molecule has 12 heteroatoms. The van der Waals surface area contributed by atoms with Gasteiger partial charge in [0.25, 0.3) is 5.91 Å². The Labute approximate surface area is 228 Å². The lowest BCUT2D eigenvalue weighted by Crippen LogP contribution is -2.22. The first-order valence-electron chi connectivity index (χ1n) is 11.5. The van der Waals surface area contributed by atoms with Gasteiger partial charge in [-0.25, -0.2) is 15.0 Å². The monoisotopic (exact) mass is 560 g/mol. The van der Waals surface area contributed by atoms with Gasteiger partial charge in [0.1, 0.15) is 33.7 Å². The predicted molar refractivity (Wildman–Crippen MR) is 149 cm³/mol. The van der Waals surface area contributed by atoms with Crippen molar-refractivity contribution in [1.82, 2.24) is 19.9 Å². The summed E-state index contributed by atoms with van der Waals surface area (Å²) in [6.45, 7) is 7.08. The number of nitrogens with one attached hydrogen (secondary N) is 2. The molecule has 0 bridgehead atoms. The Bertz CT molecular complexity index is 1380. The Morgan fingerprint density at radius 2 is 1.76 bits per heavy atom. The average molecular weight is 561 g/mol. The molecule has 0 aliphatic rings. The molecule has 9 nitrogen and oxygen atoms in total. The molecule has 0 atom stereocenters. The number of hydrogen-bond acceptors (Lipinski definition) is 9. The second kappa shape index (κ2) is 11.9. The number of carbonyl (C=O) groups is 1. The Hall–Kier alpha value is -3.18. The van der Waals surface area contributed by atoms with E-state index in [1.807, 2.05) is 18.3 Å². The predicted octanol–water partition coefficient (Wildman–Crippen LogP) is 6.25. The van der Waals surface area contributed by atoms with E-state index in [1.165, 1.54) is 31.9 Å². The standard InChI is InChI=1S/C25H26Cl2N6O3S/c1-5-33(6-2)11-14-7-8-18(28-10-14)31-24-23-21(29-13-30-24)15(12-37-23)25(34)32-22-19(26)16(35-3)9-17(36-4)20(22)27/h7-10,12-13H,5-6,11H2,1-4H3,(H,32,34)(H,28,29,30,31).